The van der Waals surface area contributed by atoms with Gasteiger partial charge in [0.2, 0.25) is 5.91 Å². The molecule has 5 nitrogen and oxygen atoms in total. The fourth-order valence-corrected chi connectivity index (χ4v) is 2.26. The van der Waals surface area contributed by atoms with Crippen molar-refractivity contribution in [3.8, 4) is 0 Å². The number of aliphatic hydroxyl groups excluding tert-OH is 1. The van der Waals surface area contributed by atoms with Gasteiger partial charge in [-0.2, -0.15) is 0 Å². The molecule has 2 N–H and O–H groups in total. The van der Waals surface area contributed by atoms with Crippen molar-refractivity contribution in [2.75, 3.05) is 13.2 Å². The lowest BCUT2D eigenvalue weighted by atomic mass is 10.1. The number of carbonyl (C=O) groups excluding carboxylic acids is 1. The van der Waals surface area contributed by atoms with Crippen LogP contribution in [0.3, 0.4) is 0 Å². The average molecular weight is 249 g/mol. The number of carboxylic acids is 1. The van der Waals surface area contributed by atoms with E-state index in [2.05, 4.69) is 0 Å². The van der Waals surface area contributed by atoms with Crippen LogP contribution in [0.25, 0.3) is 0 Å². The average Bonchev–Trinajstić information content (AvgIpc) is 2.74. The maximum absolute atomic E-state index is 11.8. The van der Waals surface area contributed by atoms with Crippen molar-refractivity contribution >= 4 is 11.9 Å². The molecule has 1 aliphatic heterocycles. The first-order valence-electron chi connectivity index (χ1n) is 5.81. The van der Waals surface area contributed by atoms with Crippen LogP contribution in [0.2, 0.25) is 0 Å². The van der Waals surface area contributed by atoms with Gasteiger partial charge in [0, 0.05) is 13.0 Å². The molecule has 0 unspecified atom stereocenters. The van der Waals surface area contributed by atoms with Crippen molar-refractivity contribution in [1.29, 1.82) is 0 Å². The van der Waals surface area contributed by atoms with Crippen molar-refractivity contribution in [3.05, 3.63) is 35.9 Å². The summed E-state index contributed by atoms with van der Waals surface area (Å²) in [6.07, 6.45) is 0.0126. The van der Waals surface area contributed by atoms with Crippen LogP contribution < -0.4 is 0 Å². The van der Waals surface area contributed by atoms with Gasteiger partial charge in [-0.3, -0.25) is 9.59 Å². The van der Waals surface area contributed by atoms with E-state index in [-0.39, 0.29) is 25.5 Å². The first-order valence-corrected chi connectivity index (χ1v) is 5.81. The largest absolute Gasteiger partial charge is 0.481 e. The number of rotatable bonds is 4. The number of hydrogen-bond acceptors (Lipinski definition) is 3. The topological polar surface area (TPSA) is 77.8 Å². The van der Waals surface area contributed by atoms with Crippen LogP contribution in [0.1, 0.15) is 18.0 Å². The molecular formula is C13H15NO4. The highest BCUT2D eigenvalue weighted by Crippen LogP contribution is 2.28. The molecule has 1 aromatic rings. The number of carboxylic acid groups (broad SMARTS) is 1. The predicted molar refractivity (Wildman–Crippen MR) is 63.7 cm³/mol. The van der Waals surface area contributed by atoms with Crippen LogP contribution in [0.4, 0.5) is 0 Å². The number of amides is 1. The third kappa shape index (κ3) is 2.36. The third-order valence-corrected chi connectivity index (χ3v) is 3.24. The lowest BCUT2D eigenvalue weighted by Crippen LogP contribution is -2.33. The molecule has 0 radical (unpaired) electrons. The van der Waals surface area contributed by atoms with Crippen molar-refractivity contribution in [3.63, 3.8) is 0 Å². The minimum atomic E-state index is -0.962. The molecule has 5 heteroatoms. The summed E-state index contributed by atoms with van der Waals surface area (Å²) in [5.74, 6) is -1.85. The number of aliphatic carboxylic acids is 1. The highest BCUT2D eigenvalue weighted by Gasteiger charge is 2.38. The Balaban J connectivity index is 2.19. The van der Waals surface area contributed by atoms with Crippen LogP contribution in [-0.2, 0) is 9.59 Å². The molecule has 2 atom stereocenters. The van der Waals surface area contributed by atoms with Crippen LogP contribution in [0.5, 0.6) is 0 Å². The molecule has 0 aliphatic carbocycles. The normalized spacial score (nSPS) is 21.1. The van der Waals surface area contributed by atoms with Crippen LogP contribution >= 0.6 is 0 Å². The maximum atomic E-state index is 11.8. The zero-order valence-electron chi connectivity index (χ0n) is 9.82. The van der Waals surface area contributed by atoms with E-state index in [0.29, 0.717) is 0 Å². The molecule has 1 heterocycles. The standard InChI is InChI=1S/C13H15NO4/c15-8-11(9-4-2-1-3-5-9)14-7-10(13(17)18)6-12(14)16/h1-5,10-11,15H,6-8H2,(H,17,18)/t10-,11-/m0/s1. The number of hydrogen-bond donors (Lipinski definition) is 2. The SMILES string of the molecule is O=C(O)[C@H]1CC(=O)N([C@@H](CO)c2ccccc2)C1. The van der Waals surface area contributed by atoms with Crippen LogP contribution in [0.15, 0.2) is 30.3 Å². The van der Waals surface area contributed by atoms with Crippen LogP contribution in [-0.4, -0.2) is 40.1 Å². The molecule has 1 aliphatic rings. The molecule has 1 amide bonds. The molecule has 1 fully saturated rings. The van der Waals surface area contributed by atoms with E-state index < -0.39 is 17.9 Å². The van der Waals surface area contributed by atoms with Gasteiger partial charge in [-0.1, -0.05) is 30.3 Å². The second-order valence-corrected chi connectivity index (χ2v) is 4.39. The monoisotopic (exact) mass is 249 g/mol. The van der Waals surface area contributed by atoms with Crippen molar-refractivity contribution in [2.45, 2.75) is 12.5 Å². The van der Waals surface area contributed by atoms with E-state index in [4.69, 9.17) is 5.11 Å². The number of aliphatic hydroxyl groups is 1. The number of benzene rings is 1. The Kier molecular flexibility index (Phi) is 3.62. The smallest absolute Gasteiger partial charge is 0.308 e. The van der Waals surface area contributed by atoms with Crippen molar-refractivity contribution in [2.24, 2.45) is 5.92 Å². The summed E-state index contributed by atoms with van der Waals surface area (Å²) in [5.41, 5.74) is 0.819. The minimum absolute atomic E-state index is 0.0126. The number of likely N-dealkylation sites (tertiary alicyclic amines) is 1. The zero-order chi connectivity index (χ0) is 13.1. The Morgan fingerprint density at radius 3 is 2.56 bits per heavy atom. The highest BCUT2D eigenvalue weighted by molar-refractivity contribution is 5.86. The van der Waals surface area contributed by atoms with Gasteiger partial charge < -0.3 is 15.1 Å². The summed E-state index contributed by atoms with van der Waals surface area (Å²) in [5, 5.41) is 18.4. The Labute approximate surface area is 105 Å². The Hall–Kier alpha value is -1.88. The summed E-state index contributed by atoms with van der Waals surface area (Å²) < 4.78 is 0. The van der Waals surface area contributed by atoms with Gasteiger partial charge in [-0.15, -0.1) is 0 Å². The molecule has 96 valence electrons. The summed E-state index contributed by atoms with van der Waals surface area (Å²) >= 11 is 0. The predicted octanol–water partition coefficient (Wildman–Crippen LogP) is 0.653. The fourth-order valence-electron chi connectivity index (χ4n) is 2.26. The lowest BCUT2D eigenvalue weighted by molar-refractivity contribution is -0.141. The summed E-state index contributed by atoms with van der Waals surface area (Å²) in [6, 6.07) is 8.69. The van der Waals surface area contributed by atoms with E-state index >= 15 is 0 Å². The van der Waals surface area contributed by atoms with Gasteiger partial charge in [0.15, 0.2) is 0 Å². The molecule has 0 saturated carbocycles. The number of nitrogens with zero attached hydrogens (tertiary/aromatic N) is 1. The molecule has 1 saturated heterocycles. The van der Waals surface area contributed by atoms with E-state index in [1.54, 1.807) is 0 Å². The molecule has 0 aromatic heterocycles. The Bertz CT molecular complexity index is 446. The van der Waals surface area contributed by atoms with Crippen molar-refractivity contribution in [1.82, 2.24) is 4.90 Å². The minimum Gasteiger partial charge on any atom is -0.481 e. The summed E-state index contributed by atoms with van der Waals surface area (Å²) in [6.45, 7) is -0.0453. The molecule has 0 spiro atoms. The highest BCUT2D eigenvalue weighted by atomic mass is 16.4. The van der Waals surface area contributed by atoms with Gasteiger partial charge in [0.1, 0.15) is 0 Å². The van der Waals surface area contributed by atoms with Crippen LogP contribution in [0, 0.1) is 5.92 Å². The fraction of sp³-hybridized carbons (Fsp3) is 0.385. The third-order valence-electron chi connectivity index (χ3n) is 3.24. The van der Waals surface area contributed by atoms with E-state index in [1.165, 1.54) is 4.90 Å². The van der Waals surface area contributed by atoms with E-state index in [0.717, 1.165) is 5.56 Å². The van der Waals surface area contributed by atoms with Gasteiger partial charge in [-0.05, 0) is 5.56 Å². The molecular weight excluding hydrogens is 234 g/mol. The second-order valence-electron chi connectivity index (χ2n) is 4.39. The van der Waals surface area contributed by atoms with Gasteiger partial charge in [0.25, 0.3) is 0 Å². The molecule has 18 heavy (non-hydrogen) atoms. The van der Waals surface area contributed by atoms with E-state index in [9.17, 15) is 14.7 Å². The molecule has 2 rings (SSSR count). The van der Waals surface area contributed by atoms with E-state index in [1.807, 2.05) is 30.3 Å². The lowest BCUT2D eigenvalue weighted by Gasteiger charge is -2.26. The molecule has 0 bridgehead atoms. The summed E-state index contributed by atoms with van der Waals surface area (Å²) in [7, 11) is 0. The maximum Gasteiger partial charge on any atom is 0.308 e. The number of carbonyl (C=O) groups is 2. The zero-order valence-corrected chi connectivity index (χ0v) is 9.82. The van der Waals surface area contributed by atoms with Gasteiger partial charge in [-0.25, -0.2) is 0 Å². The first-order chi connectivity index (χ1) is 8.63. The van der Waals surface area contributed by atoms with Crippen molar-refractivity contribution < 1.29 is 19.8 Å². The summed E-state index contributed by atoms with van der Waals surface area (Å²) in [4.78, 5) is 24.2. The second kappa shape index (κ2) is 5.18. The quantitative estimate of drug-likeness (QED) is 0.821. The first kappa shape index (κ1) is 12.6. The van der Waals surface area contributed by atoms with Gasteiger partial charge in [0.05, 0.1) is 18.6 Å². The Morgan fingerprint density at radius 2 is 2.06 bits per heavy atom. The Morgan fingerprint density at radius 1 is 1.39 bits per heavy atom. The molecule has 1 aromatic carbocycles. The van der Waals surface area contributed by atoms with Gasteiger partial charge >= 0.3 is 5.97 Å².